The van der Waals surface area contributed by atoms with Gasteiger partial charge in [0.25, 0.3) is 0 Å². The quantitative estimate of drug-likeness (QED) is 0.577. The van der Waals surface area contributed by atoms with Crippen LogP contribution in [0.1, 0.15) is 18.9 Å². The second-order valence-corrected chi connectivity index (χ2v) is 8.23. The van der Waals surface area contributed by atoms with E-state index >= 15 is 0 Å². The molecule has 3 aromatic rings. The lowest BCUT2D eigenvalue weighted by Crippen LogP contribution is -2.39. The zero-order valence-corrected chi connectivity index (χ0v) is 18.4. The highest BCUT2D eigenvalue weighted by molar-refractivity contribution is 5.82. The molecule has 2 aromatic carbocycles. The first kappa shape index (κ1) is 21.7. The second kappa shape index (κ2) is 10.2. The molecule has 0 saturated carbocycles. The van der Waals surface area contributed by atoms with Crippen LogP contribution in [0, 0.1) is 5.92 Å². The smallest absolute Gasteiger partial charge is 0.244 e. The van der Waals surface area contributed by atoms with Gasteiger partial charge in [0.05, 0.1) is 5.92 Å². The Hall–Kier alpha value is -3.48. The fourth-order valence-electron chi connectivity index (χ4n) is 4.26. The molecule has 1 atom stereocenters. The number of carbonyl (C=O) groups is 2. The van der Waals surface area contributed by atoms with Crippen LogP contribution in [-0.2, 0) is 22.6 Å². The number of amides is 2. The summed E-state index contributed by atoms with van der Waals surface area (Å²) in [7, 11) is 0. The maximum atomic E-state index is 13.3. The second-order valence-electron chi connectivity index (χ2n) is 8.23. The molecule has 2 amide bonds. The van der Waals surface area contributed by atoms with Crippen LogP contribution in [-0.4, -0.2) is 62.6 Å². The molecule has 1 aromatic heterocycles. The summed E-state index contributed by atoms with van der Waals surface area (Å²) >= 11 is 0. The summed E-state index contributed by atoms with van der Waals surface area (Å²) in [6, 6.07) is 18.6. The van der Waals surface area contributed by atoms with Crippen molar-refractivity contribution < 1.29 is 9.59 Å². The number of hydrogen-bond acceptors (Lipinski definition) is 4. The highest BCUT2D eigenvalue weighted by Crippen LogP contribution is 2.23. The number of rotatable bonds is 7. The monoisotopic (exact) mass is 431 g/mol. The van der Waals surface area contributed by atoms with Gasteiger partial charge < -0.3 is 9.80 Å². The number of carbonyl (C=O) groups excluding carboxylic acids is 2. The molecule has 0 spiro atoms. The van der Waals surface area contributed by atoms with Crippen molar-refractivity contribution >= 4 is 11.8 Å². The van der Waals surface area contributed by atoms with Gasteiger partial charge in [-0.3, -0.25) is 9.59 Å². The van der Waals surface area contributed by atoms with Crippen LogP contribution in [0.4, 0.5) is 0 Å². The van der Waals surface area contributed by atoms with Gasteiger partial charge in [-0.2, -0.15) is 5.10 Å². The minimum atomic E-state index is -0.269. The lowest BCUT2D eigenvalue weighted by molar-refractivity contribution is -0.135. The first-order valence-electron chi connectivity index (χ1n) is 11.2. The number of benzene rings is 2. The molecule has 1 aliphatic rings. The summed E-state index contributed by atoms with van der Waals surface area (Å²) in [4.78, 5) is 33.9. The Morgan fingerprint density at radius 1 is 1.06 bits per heavy atom. The number of aromatic nitrogens is 3. The first-order valence-corrected chi connectivity index (χ1v) is 11.2. The van der Waals surface area contributed by atoms with Crippen LogP contribution >= 0.6 is 0 Å². The van der Waals surface area contributed by atoms with Crippen molar-refractivity contribution in [3.05, 3.63) is 72.8 Å². The van der Waals surface area contributed by atoms with E-state index < -0.39 is 0 Å². The third-order valence-corrected chi connectivity index (χ3v) is 5.87. The lowest BCUT2D eigenvalue weighted by Gasteiger charge is -2.24. The lowest BCUT2D eigenvalue weighted by atomic mass is 9.94. The number of hydrogen-bond donors (Lipinski definition) is 0. The van der Waals surface area contributed by atoms with E-state index in [1.165, 1.54) is 17.3 Å². The van der Waals surface area contributed by atoms with Gasteiger partial charge >= 0.3 is 0 Å². The fourth-order valence-corrected chi connectivity index (χ4v) is 4.26. The molecule has 0 aliphatic carbocycles. The van der Waals surface area contributed by atoms with Gasteiger partial charge in [0.1, 0.15) is 19.2 Å². The van der Waals surface area contributed by atoms with Gasteiger partial charge in [0, 0.05) is 26.2 Å². The minimum absolute atomic E-state index is 0.0373. The maximum absolute atomic E-state index is 13.3. The minimum Gasteiger partial charge on any atom is -0.341 e. The van der Waals surface area contributed by atoms with E-state index in [0.717, 1.165) is 23.1 Å². The standard InChI is InChI=1S/C25H29N5O2/c1-2-11-28-12-13-29(24(31)17-30-19-26-18-27-30)16-23(25(28)32)15-20-7-6-10-22(14-20)21-8-4-3-5-9-21/h3-10,14,18-19,23H,2,11-13,15-17H2,1H3. The van der Waals surface area contributed by atoms with Gasteiger partial charge in [-0.15, -0.1) is 0 Å². The number of nitrogens with zero attached hydrogens (tertiary/aromatic N) is 5. The molecule has 0 bridgehead atoms. The summed E-state index contributed by atoms with van der Waals surface area (Å²) in [5.74, 6) is -0.174. The molecule has 166 valence electrons. The normalized spacial score (nSPS) is 16.8. The summed E-state index contributed by atoms with van der Waals surface area (Å²) < 4.78 is 1.52. The average molecular weight is 432 g/mol. The van der Waals surface area contributed by atoms with Gasteiger partial charge in [0.2, 0.25) is 11.8 Å². The molecule has 1 saturated heterocycles. The van der Waals surface area contributed by atoms with Crippen LogP contribution in [0.25, 0.3) is 11.1 Å². The molecule has 7 heteroatoms. The van der Waals surface area contributed by atoms with E-state index in [4.69, 9.17) is 0 Å². The molecule has 0 radical (unpaired) electrons. The van der Waals surface area contributed by atoms with E-state index in [1.807, 2.05) is 29.2 Å². The van der Waals surface area contributed by atoms with Gasteiger partial charge in [-0.05, 0) is 29.5 Å². The van der Waals surface area contributed by atoms with Crippen molar-refractivity contribution in [2.24, 2.45) is 5.92 Å². The van der Waals surface area contributed by atoms with Crippen LogP contribution in [0.3, 0.4) is 0 Å². The molecular formula is C25H29N5O2. The predicted octanol–water partition coefficient (Wildman–Crippen LogP) is 2.88. The molecule has 7 nitrogen and oxygen atoms in total. The van der Waals surface area contributed by atoms with Crippen molar-refractivity contribution in [1.29, 1.82) is 0 Å². The van der Waals surface area contributed by atoms with Crippen molar-refractivity contribution in [2.45, 2.75) is 26.3 Å². The Labute approximate surface area is 188 Å². The first-order chi connectivity index (χ1) is 15.6. The van der Waals surface area contributed by atoms with Gasteiger partial charge in [0.15, 0.2) is 0 Å². The SMILES string of the molecule is CCCN1CCN(C(=O)Cn2cncn2)CC(Cc2cccc(-c3ccccc3)c2)C1=O. The molecule has 1 aliphatic heterocycles. The molecular weight excluding hydrogens is 402 g/mol. The highest BCUT2D eigenvalue weighted by atomic mass is 16.2. The summed E-state index contributed by atoms with van der Waals surface area (Å²) in [5.41, 5.74) is 3.39. The summed E-state index contributed by atoms with van der Waals surface area (Å²) in [6.07, 6.45) is 4.46. The van der Waals surface area contributed by atoms with E-state index in [1.54, 1.807) is 4.90 Å². The average Bonchev–Trinajstić information content (AvgIpc) is 3.28. The van der Waals surface area contributed by atoms with Gasteiger partial charge in [-0.1, -0.05) is 61.5 Å². The van der Waals surface area contributed by atoms with Crippen molar-refractivity contribution in [3.8, 4) is 11.1 Å². The Morgan fingerprint density at radius 3 is 2.62 bits per heavy atom. The maximum Gasteiger partial charge on any atom is 0.244 e. The predicted molar refractivity (Wildman–Crippen MR) is 123 cm³/mol. The topological polar surface area (TPSA) is 71.3 Å². The highest BCUT2D eigenvalue weighted by Gasteiger charge is 2.32. The van der Waals surface area contributed by atoms with E-state index in [-0.39, 0.29) is 24.3 Å². The molecule has 1 fully saturated rings. The van der Waals surface area contributed by atoms with Gasteiger partial charge in [-0.25, -0.2) is 9.67 Å². The van der Waals surface area contributed by atoms with Crippen LogP contribution in [0.5, 0.6) is 0 Å². The van der Waals surface area contributed by atoms with Crippen LogP contribution in [0.15, 0.2) is 67.3 Å². The van der Waals surface area contributed by atoms with Crippen LogP contribution < -0.4 is 0 Å². The van der Waals surface area contributed by atoms with E-state index in [2.05, 4.69) is 47.3 Å². The van der Waals surface area contributed by atoms with Crippen LogP contribution in [0.2, 0.25) is 0 Å². The van der Waals surface area contributed by atoms with Crippen molar-refractivity contribution in [2.75, 3.05) is 26.2 Å². The molecule has 1 unspecified atom stereocenters. The van der Waals surface area contributed by atoms with Crippen molar-refractivity contribution in [3.63, 3.8) is 0 Å². The molecule has 32 heavy (non-hydrogen) atoms. The summed E-state index contributed by atoms with van der Waals surface area (Å²) in [5, 5.41) is 4.04. The summed E-state index contributed by atoms with van der Waals surface area (Å²) in [6.45, 7) is 4.45. The van der Waals surface area contributed by atoms with E-state index in [0.29, 0.717) is 32.6 Å². The molecule has 2 heterocycles. The Kier molecular flexibility index (Phi) is 6.94. The fraction of sp³-hybridized carbons (Fsp3) is 0.360. The Morgan fingerprint density at radius 2 is 1.88 bits per heavy atom. The van der Waals surface area contributed by atoms with Crippen molar-refractivity contribution in [1.82, 2.24) is 24.6 Å². The third kappa shape index (κ3) is 5.22. The zero-order valence-electron chi connectivity index (χ0n) is 18.4. The Bertz CT molecular complexity index is 1040. The Balaban J connectivity index is 1.54. The zero-order chi connectivity index (χ0) is 22.3. The van der Waals surface area contributed by atoms with E-state index in [9.17, 15) is 9.59 Å². The molecule has 0 N–H and O–H groups in total. The molecule has 4 rings (SSSR count). The third-order valence-electron chi connectivity index (χ3n) is 5.87. The largest absolute Gasteiger partial charge is 0.341 e.